The number of carbonyl (C=O) groups is 1. The summed E-state index contributed by atoms with van der Waals surface area (Å²) in [4.78, 5) is 16.8. The monoisotopic (exact) mass is 257 g/mol. The van der Waals surface area contributed by atoms with Crippen LogP contribution in [0.3, 0.4) is 0 Å². The first kappa shape index (κ1) is 15.4. The smallest absolute Gasteiger partial charge is 0.206 e. The molecule has 1 aromatic rings. The third kappa shape index (κ3) is 4.16. The molecule has 0 aromatic heterocycles. The van der Waals surface area contributed by atoms with Crippen molar-refractivity contribution >= 4 is 11.5 Å². The minimum Gasteiger partial charge on any atom is -0.287 e. The summed E-state index contributed by atoms with van der Waals surface area (Å²) in [5, 5.41) is 0. The van der Waals surface area contributed by atoms with E-state index in [0.717, 1.165) is 11.3 Å². The topological polar surface area (TPSA) is 29.4 Å². The Kier molecular flexibility index (Phi) is 4.82. The van der Waals surface area contributed by atoms with Crippen LogP contribution in [0.4, 0.5) is 0 Å². The van der Waals surface area contributed by atoms with Crippen LogP contribution in [0.5, 0.6) is 0 Å². The van der Waals surface area contributed by atoms with E-state index in [1.165, 1.54) is 0 Å². The van der Waals surface area contributed by atoms with Gasteiger partial charge in [-0.2, -0.15) is 0 Å². The van der Waals surface area contributed by atoms with Crippen LogP contribution in [-0.4, -0.2) is 11.5 Å². The van der Waals surface area contributed by atoms with Crippen LogP contribution >= 0.6 is 0 Å². The standard InChI is InChI=1S/C17H23NO/c1-7-15(17(4,5)6)18-13(3)16(19)14-10-8-12(2)9-11-14/h7-11H,1-6H3/b15-7-,18-13?. The number of nitrogens with zero attached hydrogens (tertiary/aromatic N) is 1. The number of hydrogen-bond acceptors (Lipinski definition) is 2. The van der Waals surface area contributed by atoms with Crippen LogP contribution in [0.2, 0.25) is 0 Å². The van der Waals surface area contributed by atoms with Gasteiger partial charge >= 0.3 is 0 Å². The lowest BCUT2D eigenvalue weighted by Crippen LogP contribution is -2.14. The van der Waals surface area contributed by atoms with E-state index in [-0.39, 0.29) is 11.2 Å². The molecule has 0 aliphatic carbocycles. The highest BCUT2D eigenvalue weighted by atomic mass is 16.1. The zero-order valence-electron chi connectivity index (χ0n) is 12.7. The Hall–Kier alpha value is -1.70. The molecular weight excluding hydrogens is 234 g/mol. The number of benzene rings is 1. The van der Waals surface area contributed by atoms with Crippen LogP contribution in [0.25, 0.3) is 0 Å². The fourth-order valence-corrected chi connectivity index (χ4v) is 1.81. The van der Waals surface area contributed by atoms with E-state index in [1.807, 2.05) is 44.2 Å². The number of Topliss-reactive ketones (excluding diaryl/α,β-unsaturated/α-hetero) is 1. The van der Waals surface area contributed by atoms with Crippen molar-refractivity contribution in [3.8, 4) is 0 Å². The molecule has 0 heterocycles. The van der Waals surface area contributed by atoms with Crippen molar-refractivity contribution in [1.29, 1.82) is 0 Å². The second-order valence-corrected chi connectivity index (χ2v) is 5.82. The Bertz CT molecular complexity index is 513. The van der Waals surface area contributed by atoms with Crippen LogP contribution < -0.4 is 0 Å². The highest BCUT2D eigenvalue weighted by molar-refractivity contribution is 6.45. The SMILES string of the molecule is C/C=C(\N=C(C)C(=O)c1ccc(C)cc1)C(C)(C)C. The summed E-state index contributed by atoms with van der Waals surface area (Å²) in [6.07, 6.45) is 1.96. The molecule has 0 atom stereocenters. The summed E-state index contributed by atoms with van der Waals surface area (Å²) in [6.45, 7) is 12.0. The molecular formula is C17H23NO. The number of aryl methyl sites for hydroxylation is 1. The molecule has 0 amide bonds. The van der Waals surface area contributed by atoms with Gasteiger partial charge in [-0.15, -0.1) is 0 Å². The molecule has 19 heavy (non-hydrogen) atoms. The summed E-state index contributed by atoms with van der Waals surface area (Å²) >= 11 is 0. The molecule has 0 spiro atoms. The van der Waals surface area contributed by atoms with Crippen molar-refractivity contribution < 1.29 is 4.79 Å². The van der Waals surface area contributed by atoms with Gasteiger partial charge in [-0.25, -0.2) is 0 Å². The van der Waals surface area contributed by atoms with Gasteiger partial charge in [0, 0.05) is 16.7 Å². The van der Waals surface area contributed by atoms with E-state index in [0.29, 0.717) is 11.3 Å². The molecule has 1 aromatic carbocycles. The molecule has 2 heteroatoms. The highest BCUT2D eigenvalue weighted by Crippen LogP contribution is 2.26. The van der Waals surface area contributed by atoms with Crippen molar-refractivity contribution in [2.24, 2.45) is 10.4 Å². The van der Waals surface area contributed by atoms with Gasteiger partial charge in [0.2, 0.25) is 5.78 Å². The highest BCUT2D eigenvalue weighted by Gasteiger charge is 2.17. The van der Waals surface area contributed by atoms with Gasteiger partial charge in [-0.1, -0.05) is 56.7 Å². The van der Waals surface area contributed by atoms with E-state index in [2.05, 4.69) is 25.8 Å². The average molecular weight is 257 g/mol. The van der Waals surface area contributed by atoms with E-state index >= 15 is 0 Å². The normalized spacial score (nSPS) is 13.6. The largest absolute Gasteiger partial charge is 0.287 e. The molecule has 0 unspecified atom stereocenters. The van der Waals surface area contributed by atoms with Gasteiger partial charge in [-0.05, 0) is 20.8 Å². The average Bonchev–Trinajstić information content (AvgIpc) is 2.34. The maximum atomic E-state index is 12.3. The number of ketones is 1. The molecule has 0 saturated carbocycles. The molecule has 0 saturated heterocycles. The van der Waals surface area contributed by atoms with E-state index in [9.17, 15) is 4.79 Å². The van der Waals surface area contributed by atoms with E-state index in [1.54, 1.807) is 6.92 Å². The number of aliphatic imine (C=N–C) groups is 1. The lowest BCUT2D eigenvalue weighted by Gasteiger charge is -2.19. The first-order chi connectivity index (χ1) is 8.75. The Morgan fingerprint density at radius 1 is 1.16 bits per heavy atom. The Balaban J connectivity index is 3.03. The third-order valence-electron chi connectivity index (χ3n) is 2.97. The van der Waals surface area contributed by atoms with Crippen molar-refractivity contribution in [3.05, 3.63) is 47.2 Å². The summed E-state index contributed by atoms with van der Waals surface area (Å²) in [5.74, 6) is -0.0106. The molecule has 0 N–H and O–H groups in total. The fraction of sp³-hybridized carbons (Fsp3) is 0.412. The van der Waals surface area contributed by atoms with Crippen molar-refractivity contribution in [2.45, 2.75) is 41.5 Å². The molecule has 0 fully saturated rings. The number of rotatable bonds is 3. The quantitative estimate of drug-likeness (QED) is 0.575. The maximum Gasteiger partial charge on any atom is 0.206 e. The summed E-state index contributed by atoms with van der Waals surface area (Å²) in [7, 11) is 0. The van der Waals surface area contributed by atoms with Crippen LogP contribution in [0.1, 0.15) is 50.5 Å². The van der Waals surface area contributed by atoms with Crippen LogP contribution in [0.15, 0.2) is 41.0 Å². The Morgan fingerprint density at radius 2 is 1.68 bits per heavy atom. The minimum atomic E-state index is -0.0520. The second kappa shape index (κ2) is 5.96. The molecule has 102 valence electrons. The van der Waals surface area contributed by atoms with Crippen LogP contribution in [-0.2, 0) is 0 Å². The van der Waals surface area contributed by atoms with Crippen molar-refractivity contribution in [2.75, 3.05) is 0 Å². The van der Waals surface area contributed by atoms with Gasteiger partial charge in [0.1, 0.15) is 0 Å². The van der Waals surface area contributed by atoms with E-state index in [4.69, 9.17) is 0 Å². The summed E-state index contributed by atoms with van der Waals surface area (Å²) < 4.78 is 0. The zero-order valence-corrected chi connectivity index (χ0v) is 12.7. The van der Waals surface area contributed by atoms with Crippen molar-refractivity contribution in [3.63, 3.8) is 0 Å². The number of carbonyl (C=O) groups excluding carboxylic acids is 1. The Morgan fingerprint density at radius 3 is 2.11 bits per heavy atom. The summed E-state index contributed by atoms with van der Waals surface area (Å²) in [6, 6.07) is 7.59. The zero-order chi connectivity index (χ0) is 14.6. The summed E-state index contributed by atoms with van der Waals surface area (Å²) in [5.41, 5.74) is 3.26. The predicted molar refractivity (Wildman–Crippen MR) is 81.8 cm³/mol. The lowest BCUT2D eigenvalue weighted by molar-refractivity contribution is 0.106. The molecule has 1 rings (SSSR count). The second-order valence-electron chi connectivity index (χ2n) is 5.82. The molecule has 0 aliphatic heterocycles. The first-order valence-electron chi connectivity index (χ1n) is 6.59. The minimum absolute atomic E-state index is 0.0106. The van der Waals surface area contributed by atoms with Gasteiger partial charge in [-0.3, -0.25) is 9.79 Å². The number of allylic oxidation sites excluding steroid dienone is 2. The van der Waals surface area contributed by atoms with Crippen molar-refractivity contribution in [1.82, 2.24) is 0 Å². The van der Waals surface area contributed by atoms with Gasteiger partial charge in [0.05, 0.1) is 5.71 Å². The molecule has 2 nitrogen and oxygen atoms in total. The van der Waals surface area contributed by atoms with Gasteiger partial charge in [0.25, 0.3) is 0 Å². The lowest BCUT2D eigenvalue weighted by atomic mass is 9.92. The third-order valence-corrected chi connectivity index (χ3v) is 2.97. The first-order valence-corrected chi connectivity index (χ1v) is 6.59. The Labute approximate surface area is 116 Å². The van der Waals surface area contributed by atoms with Gasteiger partial charge in [0.15, 0.2) is 0 Å². The van der Waals surface area contributed by atoms with Crippen LogP contribution in [0, 0.1) is 12.3 Å². The predicted octanol–water partition coefficient (Wildman–Crippen LogP) is 4.59. The number of hydrogen-bond donors (Lipinski definition) is 0. The molecule has 0 bridgehead atoms. The molecule has 0 radical (unpaired) electrons. The van der Waals surface area contributed by atoms with E-state index < -0.39 is 0 Å². The van der Waals surface area contributed by atoms with Gasteiger partial charge < -0.3 is 0 Å². The maximum absolute atomic E-state index is 12.3. The fourth-order valence-electron chi connectivity index (χ4n) is 1.81. The molecule has 0 aliphatic rings.